The van der Waals surface area contributed by atoms with E-state index in [4.69, 9.17) is 0 Å². The normalized spacial score (nSPS) is 16.4. The van der Waals surface area contributed by atoms with Crippen molar-refractivity contribution < 1.29 is 9.59 Å². The molecule has 1 fully saturated rings. The molecule has 0 radical (unpaired) electrons. The molecule has 1 aliphatic rings. The molecule has 110 valence electrons. The highest BCUT2D eigenvalue weighted by Crippen LogP contribution is 2.01. The summed E-state index contributed by atoms with van der Waals surface area (Å²) in [6.45, 7) is 9.40. The van der Waals surface area contributed by atoms with Crippen LogP contribution in [0.15, 0.2) is 0 Å². The molecule has 1 aliphatic heterocycles. The van der Waals surface area contributed by atoms with Crippen LogP contribution in [0, 0.1) is 0 Å². The molecule has 1 saturated heterocycles. The molecule has 0 aliphatic carbocycles. The fourth-order valence-electron chi connectivity index (χ4n) is 2.02. The van der Waals surface area contributed by atoms with Crippen molar-refractivity contribution in [3.05, 3.63) is 0 Å². The molecule has 0 aromatic carbocycles. The van der Waals surface area contributed by atoms with Gasteiger partial charge in [-0.05, 0) is 13.0 Å². The van der Waals surface area contributed by atoms with Crippen LogP contribution in [0.5, 0.6) is 0 Å². The first kappa shape index (κ1) is 15.9. The number of hydrogen-bond donors (Lipinski definition) is 2. The highest BCUT2D eigenvalue weighted by molar-refractivity contribution is 5.79. The number of nitrogens with zero attached hydrogens (tertiary/aromatic N) is 2. The summed E-state index contributed by atoms with van der Waals surface area (Å²) in [5.74, 6) is 0.228. The number of likely N-dealkylation sites (N-methyl/N-ethyl adjacent to an activating group) is 1. The second kappa shape index (κ2) is 8.87. The molecule has 0 atom stereocenters. The summed E-state index contributed by atoms with van der Waals surface area (Å²) in [7, 11) is 0. The Morgan fingerprint density at radius 1 is 1.11 bits per heavy atom. The molecule has 0 bridgehead atoms. The van der Waals surface area contributed by atoms with Crippen molar-refractivity contribution in [3.8, 4) is 0 Å². The van der Waals surface area contributed by atoms with Gasteiger partial charge in [0.15, 0.2) is 0 Å². The van der Waals surface area contributed by atoms with Crippen molar-refractivity contribution in [2.75, 3.05) is 52.4 Å². The lowest BCUT2D eigenvalue weighted by Crippen LogP contribution is -2.52. The molecule has 0 unspecified atom stereocenters. The Balaban J connectivity index is 2.21. The molecule has 2 N–H and O–H groups in total. The van der Waals surface area contributed by atoms with Gasteiger partial charge in [-0.15, -0.1) is 0 Å². The minimum absolute atomic E-state index is 0.0780. The number of carbonyl (C=O) groups excluding carboxylic acids is 2. The van der Waals surface area contributed by atoms with Gasteiger partial charge in [-0.25, -0.2) is 0 Å². The van der Waals surface area contributed by atoms with E-state index in [1.54, 1.807) is 0 Å². The van der Waals surface area contributed by atoms with E-state index in [9.17, 15) is 9.59 Å². The third kappa shape index (κ3) is 6.02. The highest BCUT2D eigenvalue weighted by Gasteiger charge is 2.21. The van der Waals surface area contributed by atoms with Crippen molar-refractivity contribution in [3.63, 3.8) is 0 Å². The van der Waals surface area contributed by atoms with E-state index in [-0.39, 0.29) is 11.8 Å². The van der Waals surface area contributed by atoms with Crippen LogP contribution >= 0.6 is 0 Å². The van der Waals surface area contributed by atoms with Gasteiger partial charge < -0.3 is 15.5 Å². The van der Waals surface area contributed by atoms with E-state index < -0.39 is 0 Å². The van der Waals surface area contributed by atoms with Crippen molar-refractivity contribution in [1.29, 1.82) is 0 Å². The Kier molecular flexibility index (Phi) is 7.43. The van der Waals surface area contributed by atoms with Crippen LogP contribution in [0.2, 0.25) is 0 Å². The van der Waals surface area contributed by atoms with Gasteiger partial charge in [0.2, 0.25) is 11.8 Å². The average Bonchev–Trinajstić information content (AvgIpc) is 2.43. The molecule has 0 saturated carbocycles. The van der Waals surface area contributed by atoms with Gasteiger partial charge in [-0.1, -0.05) is 13.8 Å². The predicted octanol–water partition coefficient (Wildman–Crippen LogP) is -0.734. The van der Waals surface area contributed by atoms with Crippen LogP contribution in [0.3, 0.4) is 0 Å². The Bertz CT molecular complexity index is 288. The molecule has 2 amide bonds. The quantitative estimate of drug-likeness (QED) is 0.640. The Morgan fingerprint density at radius 2 is 1.79 bits per heavy atom. The lowest BCUT2D eigenvalue weighted by Gasteiger charge is -2.34. The van der Waals surface area contributed by atoms with Gasteiger partial charge in [0, 0.05) is 32.7 Å². The van der Waals surface area contributed by atoms with Crippen molar-refractivity contribution in [2.24, 2.45) is 0 Å². The largest absolute Gasteiger partial charge is 0.355 e. The zero-order valence-electron chi connectivity index (χ0n) is 12.1. The van der Waals surface area contributed by atoms with Gasteiger partial charge >= 0.3 is 0 Å². The third-order valence-electron chi connectivity index (χ3n) is 3.19. The first-order valence-corrected chi connectivity index (χ1v) is 7.14. The summed E-state index contributed by atoms with van der Waals surface area (Å²) in [6, 6.07) is 0. The molecule has 0 aromatic heterocycles. The summed E-state index contributed by atoms with van der Waals surface area (Å²) < 4.78 is 0. The highest BCUT2D eigenvalue weighted by atomic mass is 16.2. The molecule has 0 aromatic rings. The topological polar surface area (TPSA) is 64.7 Å². The van der Waals surface area contributed by atoms with Crippen LogP contribution in [-0.4, -0.2) is 74.0 Å². The van der Waals surface area contributed by atoms with Crippen LogP contribution < -0.4 is 10.6 Å². The first-order chi connectivity index (χ1) is 9.17. The molecular weight excluding hydrogens is 244 g/mol. The Labute approximate surface area is 115 Å². The molecule has 6 heteroatoms. The number of rotatable bonds is 7. The number of hydrogen-bond acceptors (Lipinski definition) is 4. The fraction of sp³-hybridized carbons (Fsp3) is 0.846. The van der Waals surface area contributed by atoms with E-state index in [0.29, 0.717) is 26.2 Å². The maximum atomic E-state index is 11.8. The number of carbonyl (C=O) groups is 2. The molecular formula is C13H26N4O2. The number of nitrogens with one attached hydrogen (secondary N) is 2. The SMILES string of the molecule is CCCNC(=O)CN1CCN(C(=O)CNCC)CC1. The third-order valence-corrected chi connectivity index (χ3v) is 3.19. The summed E-state index contributed by atoms with van der Waals surface area (Å²) in [5.41, 5.74) is 0. The summed E-state index contributed by atoms with van der Waals surface area (Å²) in [5, 5.41) is 5.91. The molecule has 1 heterocycles. The monoisotopic (exact) mass is 270 g/mol. The Morgan fingerprint density at radius 3 is 2.37 bits per heavy atom. The minimum atomic E-state index is 0.0780. The molecule has 0 spiro atoms. The lowest BCUT2D eigenvalue weighted by molar-refractivity contribution is -0.132. The second-order valence-corrected chi connectivity index (χ2v) is 4.79. The number of amides is 2. The van der Waals surface area contributed by atoms with Crippen LogP contribution in [-0.2, 0) is 9.59 Å². The zero-order chi connectivity index (χ0) is 14.1. The van der Waals surface area contributed by atoms with Gasteiger partial charge in [0.05, 0.1) is 13.1 Å². The van der Waals surface area contributed by atoms with E-state index in [1.807, 2.05) is 18.7 Å². The van der Waals surface area contributed by atoms with Gasteiger partial charge in [-0.2, -0.15) is 0 Å². The summed E-state index contributed by atoms with van der Waals surface area (Å²) >= 11 is 0. The van der Waals surface area contributed by atoms with Crippen molar-refractivity contribution in [2.45, 2.75) is 20.3 Å². The fourth-order valence-corrected chi connectivity index (χ4v) is 2.02. The first-order valence-electron chi connectivity index (χ1n) is 7.14. The maximum absolute atomic E-state index is 11.8. The molecule has 19 heavy (non-hydrogen) atoms. The van der Waals surface area contributed by atoms with E-state index in [2.05, 4.69) is 15.5 Å². The maximum Gasteiger partial charge on any atom is 0.236 e. The Hall–Kier alpha value is -1.14. The molecule has 1 rings (SSSR count). The molecule has 6 nitrogen and oxygen atoms in total. The number of piperazine rings is 1. The summed E-state index contributed by atoms with van der Waals surface area (Å²) in [4.78, 5) is 27.3. The average molecular weight is 270 g/mol. The van der Waals surface area contributed by atoms with E-state index in [1.165, 1.54) is 0 Å². The van der Waals surface area contributed by atoms with Gasteiger partial charge in [-0.3, -0.25) is 14.5 Å². The van der Waals surface area contributed by atoms with Crippen LogP contribution in [0.25, 0.3) is 0 Å². The van der Waals surface area contributed by atoms with Gasteiger partial charge in [0.25, 0.3) is 0 Å². The zero-order valence-corrected chi connectivity index (χ0v) is 12.1. The lowest BCUT2D eigenvalue weighted by atomic mass is 10.3. The standard InChI is InChI=1S/C13H26N4O2/c1-3-5-15-12(18)11-16-6-8-17(9-7-16)13(19)10-14-4-2/h14H,3-11H2,1-2H3,(H,15,18). The second-order valence-electron chi connectivity index (χ2n) is 4.79. The van der Waals surface area contributed by atoms with Crippen LogP contribution in [0.1, 0.15) is 20.3 Å². The van der Waals surface area contributed by atoms with Crippen molar-refractivity contribution in [1.82, 2.24) is 20.4 Å². The predicted molar refractivity (Wildman–Crippen MR) is 74.9 cm³/mol. The smallest absolute Gasteiger partial charge is 0.236 e. The minimum Gasteiger partial charge on any atom is -0.355 e. The summed E-state index contributed by atoms with van der Waals surface area (Å²) in [6.07, 6.45) is 0.957. The van der Waals surface area contributed by atoms with Crippen LogP contribution in [0.4, 0.5) is 0 Å². The van der Waals surface area contributed by atoms with E-state index >= 15 is 0 Å². The van der Waals surface area contributed by atoms with E-state index in [0.717, 1.165) is 32.6 Å². The van der Waals surface area contributed by atoms with Crippen molar-refractivity contribution >= 4 is 11.8 Å². The van der Waals surface area contributed by atoms with Gasteiger partial charge in [0.1, 0.15) is 0 Å².